The molecular formula is C16H10Cl2FN3O3S2. The van der Waals surface area contributed by atoms with E-state index in [-0.39, 0.29) is 30.6 Å². The van der Waals surface area contributed by atoms with Gasteiger partial charge in [0, 0.05) is 22.5 Å². The van der Waals surface area contributed by atoms with Gasteiger partial charge in [-0.25, -0.2) is 22.8 Å². The highest BCUT2D eigenvalue weighted by Gasteiger charge is 2.18. The first-order valence-corrected chi connectivity index (χ1v) is 10.7. The van der Waals surface area contributed by atoms with Crippen LogP contribution in [0.15, 0.2) is 41.6 Å². The molecule has 2 heterocycles. The van der Waals surface area contributed by atoms with E-state index in [2.05, 4.69) is 15.3 Å². The molecule has 0 unspecified atom stereocenters. The van der Waals surface area contributed by atoms with Gasteiger partial charge in [0.25, 0.3) is 5.91 Å². The average Bonchev–Trinajstić information content (AvgIpc) is 2.96. The molecule has 0 bridgehead atoms. The van der Waals surface area contributed by atoms with Crippen molar-refractivity contribution in [1.29, 1.82) is 0 Å². The molecule has 0 aliphatic rings. The maximum Gasteiger partial charge on any atom is 0.265 e. The SMILES string of the molecule is CS(=O)(=O)c1cc(Cl)cc(NC(=O)c2cc(-c3ncc(F)cn3)c(Cl)s2)c1. The summed E-state index contributed by atoms with van der Waals surface area (Å²) in [4.78, 5) is 20.4. The molecule has 0 atom stereocenters. The standard InChI is InChI=1S/C16H10Cl2FN3O3S2/c1-27(24,25)11-3-8(17)2-10(4-11)22-16(23)13-5-12(14(18)26-13)15-20-6-9(19)7-21-15/h2-7H,1H3,(H,22,23). The van der Waals surface area contributed by atoms with Gasteiger partial charge in [0.05, 0.1) is 22.2 Å². The molecule has 0 aliphatic carbocycles. The number of amides is 1. The Balaban J connectivity index is 1.89. The molecule has 3 aromatic rings. The third kappa shape index (κ3) is 4.62. The minimum absolute atomic E-state index is 0.0186. The minimum atomic E-state index is -3.49. The van der Waals surface area contributed by atoms with Crippen molar-refractivity contribution >= 4 is 56.0 Å². The molecular weight excluding hydrogens is 436 g/mol. The molecule has 0 saturated carbocycles. The van der Waals surface area contributed by atoms with Gasteiger partial charge in [0.15, 0.2) is 21.5 Å². The Morgan fingerprint density at radius 3 is 2.44 bits per heavy atom. The van der Waals surface area contributed by atoms with Gasteiger partial charge in [-0.05, 0) is 24.3 Å². The molecule has 11 heteroatoms. The Kier molecular flexibility index (Phi) is 5.48. The Morgan fingerprint density at radius 2 is 1.81 bits per heavy atom. The third-order valence-electron chi connectivity index (χ3n) is 3.33. The number of benzene rings is 1. The van der Waals surface area contributed by atoms with Crippen molar-refractivity contribution in [3.63, 3.8) is 0 Å². The number of aromatic nitrogens is 2. The van der Waals surface area contributed by atoms with Crippen LogP contribution >= 0.6 is 34.5 Å². The van der Waals surface area contributed by atoms with Crippen LogP contribution in [-0.2, 0) is 9.84 Å². The number of carbonyl (C=O) groups excluding carboxylic acids is 1. The zero-order chi connectivity index (χ0) is 19.8. The maximum absolute atomic E-state index is 13.0. The highest BCUT2D eigenvalue weighted by molar-refractivity contribution is 7.90. The van der Waals surface area contributed by atoms with Crippen LogP contribution in [-0.4, -0.2) is 30.5 Å². The molecule has 0 radical (unpaired) electrons. The molecule has 1 aromatic carbocycles. The van der Waals surface area contributed by atoms with Gasteiger partial charge >= 0.3 is 0 Å². The summed E-state index contributed by atoms with van der Waals surface area (Å²) in [7, 11) is -3.49. The van der Waals surface area contributed by atoms with Gasteiger partial charge in [-0.15, -0.1) is 11.3 Å². The van der Waals surface area contributed by atoms with Crippen molar-refractivity contribution in [3.05, 3.63) is 56.7 Å². The van der Waals surface area contributed by atoms with Crippen LogP contribution in [0.25, 0.3) is 11.4 Å². The summed E-state index contributed by atoms with van der Waals surface area (Å²) in [5, 5.41) is 2.74. The molecule has 27 heavy (non-hydrogen) atoms. The smallest absolute Gasteiger partial charge is 0.265 e. The molecule has 0 spiro atoms. The maximum atomic E-state index is 13.0. The molecule has 2 aromatic heterocycles. The van der Waals surface area contributed by atoms with E-state index >= 15 is 0 Å². The van der Waals surface area contributed by atoms with E-state index in [4.69, 9.17) is 23.2 Å². The Morgan fingerprint density at radius 1 is 1.15 bits per heavy atom. The number of anilines is 1. The summed E-state index contributed by atoms with van der Waals surface area (Å²) in [6.45, 7) is 0. The summed E-state index contributed by atoms with van der Waals surface area (Å²) in [5.74, 6) is -0.929. The van der Waals surface area contributed by atoms with E-state index in [1.807, 2.05) is 0 Å². The van der Waals surface area contributed by atoms with Crippen molar-refractivity contribution in [2.45, 2.75) is 4.90 Å². The quantitative estimate of drug-likeness (QED) is 0.646. The number of carbonyl (C=O) groups is 1. The summed E-state index contributed by atoms with van der Waals surface area (Å²) in [6, 6.07) is 5.49. The lowest BCUT2D eigenvalue weighted by molar-refractivity contribution is 0.103. The number of sulfone groups is 1. The predicted molar refractivity (Wildman–Crippen MR) is 103 cm³/mol. The van der Waals surface area contributed by atoms with Crippen LogP contribution < -0.4 is 5.32 Å². The largest absolute Gasteiger partial charge is 0.321 e. The number of hydrogen-bond donors (Lipinski definition) is 1. The zero-order valence-electron chi connectivity index (χ0n) is 13.5. The fourth-order valence-corrected chi connectivity index (χ4v) is 4.27. The number of nitrogens with zero attached hydrogens (tertiary/aromatic N) is 2. The summed E-state index contributed by atoms with van der Waals surface area (Å²) >= 11 is 13.1. The summed E-state index contributed by atoms with van der Waals surface area (Å²) in [6.07, 6.45) is 3.03. The lowest BCUT2D eigenvalue weighted by Crippen LogP contribution is -2.11. The molecule has 0 saturated heterocycles. The second kappa shape index (κ2) is 7.51. The third-order valence-corrected chi connectivity index (χ3v) is 6.00. The average molecular weight is 446 g/mol. The van der Waals surface area contributed by atoms with Crippen LogP contribution in [0.3, 0.4) is 0 Å². The molecule has 0 aliphatic heterocycles. The van der Waals surface area contributed by atoms with Crippen molar-refractivity contribution in [1.82, 2.24) is 9.97 Å². The molecule has 1 N–H and O–H groups in total. The van der Waals surface area contributed by atoms with Gasteiger partial charge < -0.3 is 5.32 Å². The highest BCUT2D eigenvalue weighted by atomic mass is 35.5. The Labute approximate surface area is 167 Å². The first-order valence-electron chi connectivity index (χ1n) is 7.23. The second-order valence-electron chi connectivity index (χ2n) is 5.42. The summed E-state index contributed by atoms with van der Waals surface area (Å²) < 4.78 is 36.6. The number of thiophene rings is 1. The van der Waals surface area contributed by atoms with Gasteiger partial charge in [-0.1, -0.05) is 23.2 Å². The van der Waals surface area contributed by atoms with Gasteiger partial charge in [-0.3, -0.25) is 4.79 Å². The number of nitrogens with one attached hydrogen (secondary N) is 1. The van der Waals surface area contributed by atoms with Crippen LogP contribution in [0.5, 0.6) is 0 Å². The van der Waals surface area contributed by atoms with E-state index in [0.717, 1.165) is 30.0 Å². The van der Waals surface area contributed by atoms with Gasteiger partial charge in [0.2, 0.25) is 0 Å². The fourth-order valence-electron chi connectivity index (χ4n) is 2.13. The van der Waals surface area contributed by atoms with Crippen molar-refractivity contribution < 1.29 is 17.6 Å². The van der Waals surface area contributed by atoms with E-state index in [1.54, 1.807) is 0 Å². The van der Waals surface area contributed by atoms with E-state index in [0.29, 0.717) is 5.56 Å². The molecule has 140 valence electrons. The lowest BCUT2D eigenvalue weighted by atomic mass is 10.2. The Hall–Kier alpha value is -2.07. The number of rotatable bonds is 4. The molecule has 0 fully saturated rings. The zero-order valence-corrected chi connectivity index (χ0v) is 16.7. The van der Waals surface area contributed by atoms with Crippen molar-refractivity contribution in [3.8, 4) is 11.4 Å². The van der Waals surface area contributed by atoms with E-state index in [1.165, 1.54) is 24.3 Å². The van der Waals surface area contributed by atoms with Gasteiger partial charge in [-0.2, -0.15) is 0 Å². The van der Waals surface area contributed by atoms with Crippen molar-refractivity contribution in [2.75, 3.05) is 11.6 Å². The molecule has 1 amide bonds. The van der Waals surface area contributed by atoms with Crippen LogP contribution in [0.2, 0.25) is 9.36 Å². The van der Waals surface area contributed by atoms with Crippen LogP contribution in [0.1, 0.15) is 9.67 Å². The lowest BCUT2D eigenvalue weighted by Gasteiger charge is -2.07. The monoisotopic (exact) mass is 445 g/mol. The van der Waals surface area contributed by atoms with Crippen LogP contribution in [0.4, 0.5) is 10.1 Å². The second-order valence-corrected chi connectivity index (χ2v) is 9.53. The highest BCUT2D eigenvalue weighted by Crippen LogP contribution is 2.34. The first kappa shape index (κ1) is 19.7. The van der Waals surface area contributed by atoms with E-state index < -0.39 is 21.6 Å². The van der Waals surface area contributed by atoms with E-state index in [9.17, 15) is 17.6 Å². The minimum Gasteiger partial charge on any atom is -0.321 e. The number of hydrogen-bond acceptors (Lipinski definition) is 6. The first-order chi connectivity index (χ1) is 12.6. The Bertz CT molecular complexity index is 1130. The van der Waals surface area contributed by atoms with Crippen molar-refractivity contribution in [2.24, 2.45) is 0 Å². The number of halogens is 3. The van der Waals surface area contributed by atoms with Crippen LogP contribution in [0, 0.1) is 5.82 Å². The normalized spacial score (nSPS) is 11.4. The predicted octanol–water partition coefficient (Wildman–Crippen LogP) is 4.31. The summed E-state index contributed by atoms with van der Waals surface area (Å²) in [5.41, 5.74) is 0.603. The van der Waals surface area contributed by atoms with Gasteiger partial charge in [0.1, 0.15) is 4.34 Å². The molecule has 6 nitrogen and oxygen atoms in total. The topological polar surface area (TPSA) is 89.0 Å². The molecule has 3 rings (SSSR count). The fraction of sp³-hybridized carbons (Fsp3) is 0.0625.